The number of hydrogen-bond acceptors (Lipinski definition) is 3. The van der Waals surface area contributed by atoms with Crippen molar-refractivity contribution in [2.75, 3.05) is 6.54 Å². The summed E-state index contributed by atoms with van der Waals surface area (Å²) in [6.07, 6.45) is 0.836. The lowest BCUT2D eigenvalue weighted by Crippen LogP contribution is -2.15. The average molecular weight is 233 g/mol. The van der Waals surface area contributed by atoms with Crippen molar-refractivity contribution in [2.45, 2.75) is 19.4 Å². The summed E-state index contributed by atoms with van der Waals surface area (Å²) in [5.41, 5.74) is 0.884. The van der Waals surface area contributed by atoms with Crippen molar-refractivity contribution in [3.05, 3.63) is 36.1 Å². The molecule has 90 valence electrons. The molecule has 17 heavy (non-hydrogen) atoms. The number of carbonyl (C=O) groups is 1. The topological polar surface area (TPSA) is 62.5 Å². The lowest BCUT2D eigenvalue weighted by molar-refractivity contribution is -0.137. The molecule has 0 radical (unpaired) electrons. The van der Waals surface area contributed by atoms with Crippen LogP contribution in [0.1, 0.15) is 18.6 Å². The Bertz CT molecular complexity index is 471. The Kier molecular flexibility index (Phi) is 3.77. The minimum Gasteiger partial charge on any atom is -0.481 e. The molecule has 0 aliphatic heterocycles. The molecular formula is C13H15NO3. The highest BCUT2D eigenvalue weighted by Gasteiger charge is 2.02. The number of carboxylic acid groups (broad SMARTS) is 1. The molecule has 2 rings (SSSR count). The largest absolute Gasteiger partial charge is 0.481 e. The van der Waals surface area contributed by atoms with Crippen molar-refractivity contribution in [3.8, 4) is 0 Å². The zero-order valence-corrected chi connectivity index (χ0v) is 9.48. The number of rotatable bonds is 6. The second-order valence-corrected chi connectivity index (χ2v) is 3.92. The molecule has 0 amide bonds. The quantitative estimate of drug-likeness (QED) is 0.752. The van der Waals surface area contributed by atoms with E-state index in [1.54, 1.807) is 0 Å². The molecule has 4 heteroatoms. The van der Waals surface area contributed by atoms with Crippen LogP contribution in [0.15, 0.2) is 34.7 Å². The average Bonchev–Trinajstić information content (AvgIpc) is 2.70. The molecule has 0 saturated carbocycles. The Morgan fingerprint density at radius 3 is 2.94 bits per heavy atom. The predicted molar refractivity (Wildman–Crippen MR) is 64.8 cm³/mol. The molecule has 0 bridgehead atoms. The van der Waals surface area contributed by atoms with Gasteiger partial charge in [-0.25, -0.2) is 0 Å². The molecule has 2 N–H and O–H groups in total. The van der Waals surface area contributed by atoms with Crippen LogP contribution in [0.3, 0.4) is 0 Å². The number of para-hydroxylation sites is 1. The molecule has 2 aromatic rings. The standard InChI is InChI=1S/C13H15NO3/c15-13(16)6-3-7-14-9-11-8-10-4-1-2-5-12(10)17-11/h1-2,4-5,8,14H,3,6-7,9H2,(H,15,16). The Labute approximate surface area is 99.2 Å². The molecule has 1 heterocycles. The fourth-order valence-corrected chi connectivity index (χ4v) is 1.70. The monoisotopic (exact) mass is 233 g/mol. The van der Waals surface area contributed by atoms with E-state index in [1.165, 1.54) is 0 Å². The van der Waals surface area contributed by atoms with Gasteiger partial charge in [0, 0.05) is 11.8 Å². The molecular weight excluding hydrogens is 218 g/mol. The van der Waals surface area contributed by atoms with Crippen LogP contribution in [0.2, 0.25) is 0 Å². The molecule has 0 aliphatic carbocycles. The first-order valence-corrected chi connectivity index (χ1v) is 5.65. The molecule has 0 fully saturated rings. The summed E-state index contributed by atoms with van der Waals surface area (Å²) in [5.74, 6) is 0.122. The molecule has 0 aliphatic rings. The first-order chi connectivity index (χ1) is 8.25. The van der Waals surface area contributed by atoms with Crippen molar-refractivity contribution in [3.63, 3.8) is 0 Å². The van der Waals surface area contributed by atoms with E-state index in [0.29, 0.717) is 19.5 Å². The van der Waals surface area contributed by atoms with Gasteiger partial charge in [-0.1, -0.05) is 18.2 Å². The van der Waals surface area contributed by atoms with Crippen molar-refractivity contribution in [1.29, 1.82) is 0 Å². The number of aliphatic carboxylic acids is 1. The van der Waals surface area contributed by atoms with E-state index in [2.05, 4.69) is 5.32 Å². The lowest BCUT2D eigenvalue weighted by atomic mass is 10.2. The Hall–Kier alpha value is -1.81. The van der Waals surface area contributed by atoms with Crippen LogP contribution in [-0.4, -0.2) is 17.6 Å². The van der Waals surface area contributed by atoms with Crippen LogP contribution < -0.4 is 5.32 Å². The van der Waals surface area contributed by atoms with Gasteiger partial charge in [0.25, 0.3) is 0 Å². The molecule has 0 unspecified atom stereocenters. The fourth-order valence-electron chi connectivity index (χ4n) is 1.70. The van der Waals surface area contributed by atoms with E-state index >= 15 is 0 Å². The molecule has 0 saturated heterocycles. The number of carboxylic acids is 1. The number of benzene rings is 1. The minimum atomic E-state index is -0.754. The Morgan fingerprint density at radius 2 is 2.18 bits per heavy atom. The molecule has 0 spiro atoms. The first-order valence-electron chi connectivity index (χ1n) is 5.65. The van der Waals surface area contributed by atoms with Crippen LogP contribution in [0.5, 0.6) is 0 Å². The fraction of sp³-hybridized carbons (Fsp3) is 0.308. The van der Waals surface area contributed by atoms with E-state index < -0.39 is 5.97 Å². The van der Waals surface area contributed by atoms with Crippen LogP contribution in [-0.2, 0) is 11.3 Å². The third-order valence-corrected chi connectivity index (χ3v) is 2.52. The van der Waals surface area contributed by atoms with Crippen LogP contribution >= 0.6 is 0 Å². The normalized spacial score (nSPS) is 10.8. The van der Waals surface area contributed by atoms with Crippen LogP contribution in [0.4, 0.5) is 0 Å². The third-order valence-electron chi connectivity index (χ3n) is 2.52. The van der Waals surface area contributed by atoms with E-state index in [9.17, 15) is 4.79 Å². The highest BCUT2D eigenvalue weighted by atomic mass is 16.4. The maximum absolute atomic E-state index is 10.3. The predicted octanol–water partition coefficient (Wildman–Crippen LogP) is 2.39. The second-order valence-electron chi connectivity index (χ2n) is 3.92. The summed E-state index contributed by atoms with van der Waals surface area (Å²) in [6.45, 7) is 1.32. The highest BCUT2D eigenvalue weighted by Crippen LogP contribution is 2.18. The summed E-state index contributed by atoms with van der Waals surface area (Å²) >= 11 is 0. The zero-order valence-electron chi connectivity index (χ0n) is 9.48. The SMILES string of the molecule is O=C(O)CCCNCc1cc2ccccc2o1. The summed E-state index contributed by atoms with van der Waals surface area (Å²) in [4.78, 5) is 10.3. The van der Waals surface area contributed by atoms with Gasteiger partial charge in [0.05, 0.1) is 6.54 Å². The Morgan fingerprint density at radius 1 is 1.35 bits per heavy atom. The van der Waals surface area contributed by atoms with E-state index in [0.717, 1.165) is 16.7 Å². The van der Waals surface area contributed by atoms with Gasteiger partial charge in [-0.05, 0) is 25.1 Å². The summed E-state index contributed by atoms with van der Waals surface area (Å²) in [7, 11) is 0. The van der Waals surface area contributed by atoms with Gasteiger partial charge in [-0.3, -0.25) is 4.79 Å². The van der Waals surface area contributed by atoms with E-state index in [-0.39, 0.29) is 6.42 Å². The van der Waals surface area contributed by atoms with Crippen molar-refractivity contribution in [1.82, 2.24) is 5.32 Å². The minimum absolute atomic E-state index is 0.202. The number of fused-ring (bicyclic) bond motifs is 1. The number of furan rings is 1. The van der Waals surface area contributed by atoms with Crippen molar-refractivity contribution >= 4 is 16.9 Å². The summed E-state index contributed by atoms with van der Waals surface area (Å²) in [6, 6.07) is 9.85. The van der Waals surface area contributed by atoms with Gasteiger partial charge in [0.15, 0.2) is 0 Å². The van der Waals surface area contributed by atoms with E-state index in [4.69, 9.17) is 9.52 Å². The van der Waals surface area contributed by atoms with Crippen molar-refractivity contribution in [2.24, 2.45) is 0 Å². The van der Waals surface area contributed by atoms with Gasteiger partial charge in [-0.2, -0.15) is 0 Å². The second kappa shape index (κ2) is 5.50. The van der Waals surface area contributed by atoms with E-state index in [1.807, 2.05) is 30.3 Å². The number of hydrogen-bond donors (Lipinski definition) is 2. The lowest BCUT2D eigenvalue weighted by Gasteiger charge is -2.00. The van der Waals surface area contributed by atoms with Crippen LogP contribution in [0.25, 0.3) is 11.0 Å². The van der Waals surface area contributed by atoms with Crippen molar-refractivity contribution < 1.29 is 14.3 Å². The Balaban J connectivity index is 1.81. The van der Waals surface area contributed by atoms with Gasteiger partial charge in [0.2, 0.25) is 0 Å². The number of nitrogens with one attached hydrogen (secondary N) is 1. The first kappa shape index (κ1) is 11.7. The van der Waals surface area contributed by atoms with Crippen LogP contribution in [0, 0.1) is 0 Å². The summed E-state index contributed by atoms with van der Waals surface area (Å²) < 4.78 is 5.62. The van der Waals surface area contributed by atoms with Gasteiger partial charge in [-0.15, -0.1) is 0 Å². The summed E-state index contributed by atoms with van der Waals surface area (Å²) in [5, 5.41) is 12.7. The maximum atomic E-state index is 10.3. The molecule has 4 nitrogen and oxygen atoms in total. The maximum Gasteiger partial charge on any atom is 0.303 e. The van der Waals surface area contributed by atoms with Gasteiger partial charge >= 0.3 is 5.97 Å². The molecule has 1 aromatic carbocycles. The highest BCUT2D eigenvalue weighted by molar-refractivity contribution is 5.77. The van der Waals surface area contributed by atoms with Gasteiger partial charge < -0.3 is 14.8 Å². The third kappa shape index (κ3) is 3.32. The zero-order chi connectivity index (χ0) is 12.1. The molecule has 1 aromatic heterocycles. The molecule has 0 atom stereocenters. The smallest absolute Gasteiger partial charge is 0.303 e. The van der Waals surface area contributed by atoms with Gasteiger partial charge in [0.1, 0.15) is 11.3 Å².